The average Bonchev–Trinajstić information content (AvgIpc) is 3.29. The molecule has 1 fully saturated rings. The smallest absolute Gasteiger partial charge is 0.224 e. The lowest BCUT2D eigenvalue weighted by Gasteiger charge is -2.49. The van der Waals surface area contributed by atoms with E-state index in [0.717, 1.165) is 12.1 Å². The lowest BCUT2D eigenvalue weighted by molar-refractivity contribution is -0.0511. The van der Waals surface area contributed by atoms with Crippen LogP contribution in [0.4, 0.5) is 11.8 Å². The zero-order chi connectivity index (χ0) is 21.1. The van der Waals surface area contributed by atoms with Gasteiger partial charge in [0.2, 0.25) is 5.95 Å². The number of aromatic nitrogens is 3. The summed E-state index contributed by atoms with van der Waals surface area (Å²) in [6.45, 7) is 4.70. The van der Waals surface area contributed by atoms with Crippen LogP contribution in [-0.2, 0) is 6.42 Å². The molecule has 0 unspecified atom stereocenters. The van der Waals surface area contributed by atoms with Crippen molar-refractivity contribution in [2.75, 3.05) is 17.2 Å². The van der Waals surface area contributed by atoms with Gasteiger partial charge in [0.15, 0.2) is 0 Å². The van der Waals surface area contributed by atoms with Crippen molar-refractivity contribution >= 4 is 11.8 Å². The molecule has 0 amide bonds. The molecule has 0 spiro atoms. The average molecular weight is 403 g/mol. The minimum Gasteiger partial charge on any atom is -0.392 e. The molecule has 0 radical (unpaired) electrons. The van der Waals surface area contributed by atoms with Crippen LogP contribution in [0.15, 0.2) is 55.0 Å². The second-order valence-electron chi connectivity index (χ2n) is 8.27. The summed E-state index contributed by atoms with van der Waals surface area (Å²) < 4.78 is 2.07. The molecular weight excluding hydrogens is 376 g/mol. The number of hydrogen-bond acceptors (Lipinski definition) is 6. The van der Waals surface area contributed by atoms with Crippen molar-refractivity contribution < 1.29 is 5.11 Å². The Morgan fingerprint density at radius 3 is 2.60 bits per heavy atom. The lowest BCUT2D eigenvalue weighted by Crippen LogP contribution is -2.57. The Hall–Kier alpha value is -3.37. The van der Waals surface area contributed by atoms with Gasteiger partial charge in [0.1, 0.15) is 17.5 Å². The van der Waals surface area contributed by atoms with E-state index >= 15 is 0 Å². The Kier molecular flexibility index (Phi) is 5.42. The number of nitriles is 1. The monoisotopic (exact) mass is 402 g/mol. The molecule has 2 atom stereocenters. The molecule has 3 aromatic rings. The van der Waals surface area contributed by atoms with E-state index in [4.69, 9.17) is 0 Å². The molecule has 3 N–H and O–H groups in total. The fourth-order valence-electron chi connectivity index (χ4n) is 3.63. The van der Waals surface area contributed by atoms with Crippen molar-refractivity contribution in [2.24, 2.45) is 5.41 Å². The number of aliphatic hydroxyl groups is 1. The van der Waals surface area contributed by atoms with Gasteiger partial charge in [-0.3, -0.25) is 0 Å². The van der Waals surface area contributed by atoms with E-state index in [9.17, 15) is 10.4 Å². The van der Waals surface area contributed by atoms with Gasteiger partial charge in [-0.2, -0.15) is 10.2 Å². The molecule has 2 aromatic heterocycles. The zero-order valence-corrected chi connectivity index (χ0v) is 17.2. The van der Waals surface area contributed by atoms with E-state index in [1.54, 1.807) is 0 Å². The third-order valence-corrected chi connectivity index (χ3v) is 5.97. The van der Waals surface area contributed by atoms with Gasteiger partial charge in [-0.15, -0.1) is 0 Å². The van der Waals surface area contributed by atoms with Crippen molar-refractivity contribution in [2.45, 2.75) is 38.8 Å². The molecule has 0 bridgehead atoms. The van der Waals surface area contributed by atoms with E-state index in [2.05, 4.69) is 55.5 Å². The maximum absolute atomic E-state index is 9.95. The molecule has 154 valence electrons. The van der Waals surface area contributed by atoms with Gasteiger partial charge in [-0.05, 0) is 42.7 Å². The lowest BCUT2D eigenvalue weighted by atomic mass is 9.64. The van der Waals surface area contributed by atoms with E-state index in [-0.39, 0.29) is 17.6 Å². The van der Waals surface area contributed by atoms with Crippen LogP contribution >= 0.6 is 0 Å². The standard InChI is InChI=1S/C23H26N6O/c1-23(2)19(13-20(23)30)27-21-17(14-24)15-26-22(28-21)25-10-9-16-5-7-18(8-6-16)29-11-3-4-12-29/h3-8,11-12,15,19-20,30H,9-10,13H2,1-2H3,(H2,25,26,27,28)/t19-,20+/m1/s1. The second-order valence-corrected chi connectivity index (χ2v) is 8.27. The molecule has 1 aliphatic carbocycles. The molecule has 2 heterocycles. The van der Waals surface area contributed by atoms with E-state index in [1.807, 2.05) is 38.4 Å². The van der Waals surface area contributed by atoms with Gasteiger partial charge in [-0.1, -0.05) is 26.0 Å². The largest absolute Gasteiger partial charge is 0.392 e. The SMILES string of the molecule is CC1(C)[C@@H](O)C[C@H]1Nc1nc(NCCc2ccc(-n3cccc3)cc2)ncc1C#N. The topological polar surface area (TPSA) is 98.8 Å². The van der Waals surface area contributed by atoms with Crippen LogP contribution in [0.25, 0.3) is 5.69 Å². The highest BCUT2D eigenvalue weighted by atomic mass is 16.3. The second kappa shape index (κ2) is 8.17. The highest BCUT2D eigenvalue weighted by molar-refractivity contribution is 5.54. The Morgan fingerprint density at radius 2 is 1.97 bits per heavy atom. The van der Waals surface area contributed by atoms with E-state index in [1.165, 1.54) is 11.8 Å². The number of hydrogen-bond donors (Lipinski definition) is 3. The van der Waals surface area contributed by atoms with Crippen LogP contribution in [0.1, 0.15) is 31.4 Å². The van der Waals surface area contributed by atoms with Gasteiger partial charge in [0.25, 0.3) is 0 Å². The molecule has 0 aliphatic heterocycles. The van der Waals surface area contributed by atoms with Gasteiger partial charge in [0.05, 0.1) is 12.3 Å². The third-order valence-electron chi connectivity index (χ3n) is 5.97. The summed E-state index contributed by atoms with van der Waals surface area (Å²) in [4.78, 5) is 8.75. The fraction of sp³-hybridized carbons (Fsp3) is 0.348. The molecule has 1 aromatic carbocycles. The Bertz CT molecular complexity index is 1040. The maximum Gasteiger partial charge on any atom is 0.224 e. The molecular formula is C23H26N6O. The van der Waals surface area contributed by atoms with Crippen molar-refractivity contribution in [3.63, 3.8) is 0 Å². The van der Waals surface area contributed by atoms with Gasteiger partial charge in [0, 0.05) is 36.1 Å². The molecule has 30 heavy (non-hydrogen) atoms. The molecule has 4 rings (SSSR count). The number of anilines is 2. The first-order valence-corrected chi connectivity index (χ1v) is 10.2. The van der Waals surface area contributed by atoms with Crippen LogP contribution in [-0.4, -0.2) is 38.3 Å². The normalized spacial score (nSPS) is 19.5. The fourth-order valence-corrected chi connectivity index (χ4v) is 3.63. The molecule has 7 heteroatoms. The Balaban J connectivity index is 1.36. The molecule has 1 aliphatic rings. The van der Waals surface area contributed by atoms with Gasteiger partial charge in [-0.25, -0.2) is 4.98 Å². The first kappa shape index (κ1) is 19.9. The van der Waals surface area contributed by atoms with Gasteiger partial charge < -0.3 is 20.3 Å². The summed E-state index contributed by atoms with van der Waals surface area (Å²) in [5.41, 5.74) is 2.50. The van der Waals surface area contributed by atoms with E-state index < -0.39 is 0 Å². The quantitative estimate of drug-likeness (QED) is 0.560. The van der Waals surface area contributed by atoms with Crippen LogP contribution in [0.3, 0.4) is 0 Å². The summed E-state index contributed by atoms with van der Waals surface area (Å²) in [5.74, 6) is 0.995. The molecule has 7 nitrogen and oxygen atoms in total. The molecule has 0 saturated heterocycles. The number of nitrogens with zero attached hydrogens (tertiary/aromatic N) is 4. The minimum atomic E-state index is -0.344. The maximum atomic E-state index is 9.95. The van der Waals surface area contributed by atoms with Crippen LogP contribution < -0.4 is 10.6 Å². The van der Waals surface area contributed by atoms with Crippen molar-refractivity contribution in [3.05, 3.63) is 66.1 Å². The molecule has 1 saturated carbocycles. The van der Waals surface area contributed by atoms with Crippen molar-refractivity contribution in [3.8, 4) is 11.8 Å². The Morgan fingerprint density at radius 1 is 1.23 bits per heavy atom. The zero-order valence-electron chi connectivity index (χ0n) is 17.2. The van der Waals surface area contributed by atoms with Crippen LogP contribution in [0.5, 0.6) is 0 Å². The van der Waals surface area contributed by atoms with Crippen LogP contribution in [0.2, 0.25) is 0 Å². The summed E-state index contributed by atoms with van der Waals surface area (Å²) in [6, 6.07) is 14.7. The summed E-state index contributed by atoms with van der Waals surface area (Å²) in [5, 5.41) is 25.9. The first-order chi connectivity index (χ1) is 14.5. The first-order valence-electron chi connectivity index (χ1n) is 10.2. The van der Waals surface area contributed by atoms with Gasteiger partial charge >= 0.3 is 0 Å². The number of aliphatic hydroxyl groups excluding tert-OH is 1. The predicted molar refractivity (Wildman–Crippen MR) is 117 cm³/mol. The number of rotatable bonds is 7. The summed E-state index contributed by atoms with van der Waals surface area (Å²) in [6.07, 6.45) is 6.71. The Labute approximate surface area is 176 Å². The predicted octanol–water partition coefficient (Wildman–Crippen LogP) is 3.36. The van der Waals surface area contributed by atoms with E-state index in [0.29, 0.717) is 30.3 Å². The summed E-state index contributed by atoms with van der Waals surface area (Å²) in [7, 11) is 0. The van der Waals surface area contributed by atoms with Crippen molar-refractivity contribution in [1.29, 1.82) is 5.26 Å². The third kappa shape index (κ3) is 4.00. The minimum absolute atomic E-state index is 0.0705. The number of benzene rings is 1. The number of nitrogens with one attached hydrogen (secondary N) is 2. The highest BCUT2D eigenvalue weighted by Gasteiger charge is 2.47. The highest BCUT2D eigenvalue weighted by Crippen LogP contribution is 2.42. The summed E-state index contributed by atoms with van der Waals surface area (Å²) >= 11 is 0. The van der Waals surface area contributed by atoms with Crippen molar-refractivity contribution in [1.82, 2.24) is 14.5 Å². The van der Waals surface area contributed by atoms with Crippen LogP contribution in [0, 0.1) is 16.7 Å².